The highest BCUT2D eigenvalue weighted by Crippen LogP contribution is 2.26. The number of piperidine rings is 1. The molecule has 2 aliphatic heterocycles. The van der Waals surface area contributed by atoms with Gasteiger partial charge in [-0.2, -0.15) is 0 Å². The SMILES string of the molecule is Cl.O=C(c1ccc(Br)o1)N1CCC2NCCC2C1. The van der Waals surface area contributed by atoms with Crippen LogP contribution in [0.2, 0.25) is 0 Å². The predicted octanol–water partition coefficient (Wildman–Crippen LogP) is 2.29. The summed E-state index contributed by atoms with van der Waals surface area (Å²) in [6.45, 7) is 2.77. The summed E-state index contributed by atoms with van der Waals surface area (Å²) in [5, 5.41) is 3.49. The fraction of sp³-hybridized carbons (Fsp3) is 0.583. The molecule has 0 radical (unpaired) electrons. The first-order valence-electron chi connectivity index (χ1n) is 6.02. The summed E-state index contributed by atoms with van der Waals surface area (Å²) in [5.41, 5.74) is 0. The summed E-state index contributed by atoms with van der Waals surface area (Å²) >= 11 is 3.22. The third-order valence-electron chi connectivity index (χ3n) is 3.73. The maximum absolute atomic E-state index is 12.2. The molecule has 3 rings (SSSR count). The van der Waals surface area contributed by atoms with E-state index in [9.17, 15) is 4.79 Å². The zero-order valence-electron chi connectivity index (χ0n) is 9.89. The molecule has 2 saturated heterocycles. The van der Waals surface area contributed by atoms with Crippen molar-refractivity contribution in [2.75, 3.05) is 19.6 Å². The lowest BCUT2D eigenvalue weighted by atomic mass is 9.93. The van der Waals surface area contributed by atoms with Crippen LogP contribution in [0.15, 0.2) is 21.2 Å². The molecule has 4 nitrogen and oxygen atoms in total. The van der Waals surface area contributed by atoms with Crippen molar-refractivity contribution in [3.8, 4) is 0 Å². The van der Waals surface area contributed by atoms with E-state index < -0.39 is 0 Å². The fourth-order valence-corrected chi connectivity index (χ4v) is 3.12. The zero-order chi connectivity index (χ0) is 11.8. The molecule has 2 aliphatic rings. The molecule has 1 N–H and O–H groups in total. The normalized spacial score (nSPS) is 26.6. The molecular formula is C12H16BrClN2O2. The van der Waals surface area contributed by atoms with Gasteiger partial charge in [-0.3, -0.25) is 4.79 Å². The van der Waals surface area contributed by atoms with Crippen LogP contribution in [0.4, 0.5) is 0 Å². The van der Waals surface area contributed by atoms with Crippen LogP contribution in [0.1, 0.15) is 23.4 Å². The van der Waals surface area contributed by atoms with Gasteiger partial charge in [-0.25, -0.2) is 0 Å². The van der Waals surface area contributed by atoms with Gasteiger partial charge in [0.1, 0.15) is 0 Å². The van der Waals surface area contributed by atoms with Crippen LogP contribution in [0.25, 0.3) is 0 Å². The lowest BCUT2D eigenvalue weighted by Crippen LogP contribution is -2.46. The monoisotopic (exact) mass is 334 g/mol. The average Bonchev–Trinajstić information content (AvgIpc) is 2.95. The van der Waals surface area contributed by atoms with Gasteiger partial charge in [0.25, 0.3) is 5.91 Å². The zero-order valence-corrected chi connectivity index (χ0v) is 12.3. The number of rotatable bonds is 1. The lowest BCUT2D eigenvalue weighted by molar-refractivity contribution is 0.0628. The Bertz CT molecular complexity index is 437. The van der Waals surface area contributed by atoms with Gasteiger partial charge in [-0.15, -0.1) is 12.4 Å². The average molecular weight is 336 g/mol. The van der Waals surface area contributed by atoms with Crippen molar-refractivity contribution >= 4 is 34.2 Å². The van der Waals surface area contributed by atoms with Gasteiger partial charge in [0.2, 0.25) is 0 Å². The molecule has 1 amide bonds. The number of hydrogen-bond donors (Lipinski definition) is 1. The quantitative estimate of drug-likeness (QED) is 0.856. The number of carbonyl (C=O) groups excluding carboxylic acids is 1. The number of furan rings is 1. The maximum atomic E-state index is 12.2. The van der Waals surface area contributed by atoms with Crippen molar-refractivity contribution in [1.82, 2.24) is 10.2 Å². The van der Waals surface area contributed by atoms with E-state index in [0.29, 0.717) is 22.4 Å². The second-order valence-corrected chi connectivity index (χ2v) is 5.53. The topological polar surface area (TPSA) is 45.5 Å². The van der Waals surface area contributed by atoms with Gasteiger partial charge >= 0.3 is 0 Å². The number of halogens is 2. The van der Waals surface area contributed by atoms with E-state index in [2.05, 4.69) is 21.2 Å². The number of nitrogens with zero attached hydrogens (tertiary/aromatic N) is 1. The van der Waals surface area contributed by atoms with Crippen molar-refractivity contribution in [3.63, 3.8) is 0 Å². The van der Waals surface area contributed by atoms with Gasteiger partial charge in [-0.1, -0.05) is 0 Å². The largest absolute Gasteiger partial charge is 0.444 e. The highest BCUT2D eigenvalue weighted by molar-refractivity contribution is 9.10. The highest BCUT2D eigenvalue weighted by atomic mass is 79.9. The second-order valence-electron chi connectivity index (χ2n) is 4.75. The molecule has 0 bridgehead atoms. The third kappa shape index (κ3) is 2.58. The van der Waals surface area contributed by atoms with Crippen LogP contribution < -0.4 is 5.32 Å². The van der Waals surface area contributed by atoms with E-state index in [4.69, 9.17) is 4.42 Å². The molecule has 100 valence electrons. The van der Waals surface area contributed by atoms with Gasteiger partial charge < -0.3 is 14.6 Å². The van der Waals surface area contributed by atoms with E-state index in [1.807, 2.05) is 4.90 Å². The van der Waals surface area contributed by atoms with Crippen molar-refractivity contribution in [3.05, 3.63) is 22.6 Å². The van der Waals surface area contributed by atoms with E-state index in [-0.39, 0.29) is 18.3 Å². The first-order chi connectivity index (χ1) is 8.24. The van der Waals surface area contributed by atoms with Gasteiger partial charge in [-0.05, 0) is 53.4 Å². The number of nitrogens with one attached hydrogen (secondary N) is 1. The second kappa shape index (κ2) is 5.63. The van der Waals surface area contributed by atoms with Crippen LogP contribution >= 0.6 is 28.3 Å². The van der Waals surface area contributed by atoms with Crippen LogP contribution in [-0.2, 0) is 0 Å². The fourth-order valence-electron chi connectivity index (χ4n) is 2.82. The third-order valence-corrected chi connectivity index (χ3v) is 4.15. The van der Waals surface area contributed by atoms with E-state index in [0.717, 1.165) is 26.1 Å². The molecule has 0 aliphatic carbocycles. The standard InChI is InChI=1S/C12H15BrN2O2.ClH/c13-11-2-1-10(17-11)12(16)15-6-4-9-8(7-15)3-5-14-9;/h1-2,8-9,14H,3-7H2;1H. The van der Waals surface area contributed by atoms with Crippen LogP contribution in [0.5, 0.6) is 0 Å². The predicted molar refractivity (Wildman–Crippen MR) is 74.1 cm³/mol. The Kier molecular flexibility index (Phi) is 4.35. The Morgan fingerprint density at radius 3 is 3.00 bits per heavy atom. The number of hydrogen-bond acceptors (Lipinski definition) is 3. The molecule has 0 aromatic carbocycles. The summed E-state index contributed by atoms with van der Waals surface area (Å²) in [6.07, 6.45) is 2.23. The van der Waals surface area contributed by atoms with Crippen molar-refractivity contribution < 1.29 is 9.21 Å². The van der Waals surface area contributed by atoms with Crippen LogP contribution in [0, 0.1) is 5.92 Å². The van der Waals surface area contributed by atoms with Gasteiger partial charge in [0, 0.05) is 19.1 Å². The molecule has 0 saturated carbocycles. The smallest absolute Gasteiger partial charge is 0.289 e. The molecule has 18 heavy (non-hydrogen) atoms. The molecule has 3 heterocycles. The van der Waals surface area contributed by atoms with Crippen molar-refractivity contribution in [2.24, 2.45) is 5.92 Å². The van der Waals surface area contributed by atoms with Crippen LogP contribution in [-0.4, -0.2) is 36.5 Å². The Morgan fingerprint density at radius 2 is 2.28 bits per heavy atom. The summed E-state index contributed by atoms with van der Waals surface area (Å²) in [5.74, 6) is 1.06. The minimum absolute atomic E-state index is 0. The van der Waals surface area contributed by atoms with E-state index in [1.54, 1.807) is 12.1 Å². The summed E-state index contributed by atoms with van der Waals surface area (Å²) < 4.78 is 5.93. The van der Waals surface area contributed by atoms with E-state index in [1.165, 1.54) is 6.42 Å². The number of likely N-dealkylation sites (tertiary alicyclic amines) is 1. The number of fused-ring (bicyclic) bond motifs is 1. The molecular weight excluding hydrogens is 320 g/mol. The van der Waals surface area contributed by atoms with Gasteiger partial charge in [0.05, 0.1) is 0 Å². The molecule has 1 aromatic rings. The molecule has 1 aromatic heterocycles. The molecule has 2 unspecified atom stereocenters. The number of amides is 1. The summed E-state index contributed by atoms with van der Waals surface area (Å²) in [4.78, 5) is 14.1. The molecule has 2 atom stereocenters. The van der Waals surface area contributed by atoms with Crippen molar-refractivity contribution in [2.45, 2.75) is 18.9 Å². The Labute approximate surface area is 121 Å². The minimum Gasteiger partial charge on any atom is -0.444 e. The number of carbonyl (C=O) groups is 1. The maximum Gasteiger partial charge on any atom is 0.289 e. The first-order valence-corrected chi connectivity index (χ1v) is 6.81. The summed E-state index contributed by atoms with van der Waals surface area (Å²) in [6, 6.07) is 4.10. The van der Waals surface area contributed by atoms with Crippen LogP contribution in [0.3, 0.4) is 0 Å². The van der Waals surface area contributed by atoms with Gasteiger partial charge in [0.15, 0.2) is 10.4 Å². The minimum atomic E-state index is 0. The Hall–Kier alpha value is -0.520. The lowest BCUT2D eigenvalue weighted by Gasteiger charge is -2.34. The molecule has 6 heteroatoms. The highest BCUT2D eigenvalue weighted by Gasteiger charge is 2.35. The molecule has 2 fully saturated rings. The Balaban J connectivity index is 0.00000120. The molecule has 0 spiro atoms. The van der Waals surface area contributed by atoms with Crippen molar-refractivity contribution in [1.29, 1.82) is 0 Å². The Morgan fingerprint density at radius 1 is 1.44 bits per heavy atom. The summed E-state index contributed by atoms with van der Waals surface area (Å²) in [7, 11) is 0. The van der Waals surface area contributed by atoms with E-state index >= 15 is 0 Å². The first kappa shape index (κ1) is 13.9.